The Kier molecular flexibility index (Phi) is 3.96. The van der Waals surface area contributed by atoms with Gasteiger partial charge in [-0.3, -0.25) is 4.79 Å². The number of hydrogen-bond acceptors (Lipinski definition) is 2. The van der Waals surface area contributed by atoms with Crippen molar-refractivity contribution >= 4 is 5.91 Å². The van der Waals surface area contributed by atoms with Gasteiger partial charge in [0.2, 0.25) is 5.91 Å². The van der Waals surface area contributed by atoms with Gasteiger partial charge in [0.15, 0.2) is 0 Å². The van der Waals surface area contributed by atoms with E-state index >= 15 is 0 Å². The second kappa shape index (κ2) is 5.91. The molecular weight excluding hydrogens is 281 g/mol. The summed E-state index contributed by atoms with van der Waals surface area (Å²) in [7, 11) is 0. The topological polar surface area (TPSA) is 38.1 Å². The lowest BCUT2D eigenvalue weighted by Gasteiger charge is -2.27. The Bertz CT molecular complexity index is 663. The van der Waals surface area contributed by atoms with Crippen molar-refractivity contribution in [3.8, 4) is 0 Å². The number of rotatable bonds is 3. The van der Waals surface area contributed by atoms with Gasteiger partial charge in [-0.1, -0.05) is 26.0 Å². The highest BCUT2D eigenvalue weighted by Crippen LogP contribution is 2.26. The van der Waals surface area contributed by atoms with E-state index in [-0.39, 0.29) is 23.7 Å². The molecule has 0 fully saturated rings. The summed E-state index contributed by atoms with van der Waals surface area (Å²) in [4.78, 5) is 19.0. The van der Waals surface area contributed by atoms with Gasteiger partial charge in [-0.25, -0.2) is 9.37 Å². The maximum atomic E-state index is 13.0. The van der Waals surface area contributed by atoms with Gasteiger partial charge in [0.25, 0.3) is 0 Å². The summed E-state index contributed by atoms with van der Waals surface area (Å²) in [6.07, 6.45) is 4.37. The summed E-state index contributed by atoms with van der Waals surface area (Å²) in [5.41, 5.74) is 2.04. The lowest BCUT2D eigenvalue weighted by atomic mass is 10.0. The van der Waals surface area contributed by atoms with Crippen LogP contribution >= 0.6 is 0 Å². The van der Waals surface area contributed by atoms with Gasteiger partial charge < -0.3 is 9.47 Å². The molecule has 1 atom stereocenters. The molecule has 116 valence electrons. The number of carbonyl (C=O) groups is 1. The molecule has 5 heteroatoms. The Balaban J connectivity index is 1.86. The molecule has 2 heterocycles. The Morgan fingerprint density at radius 2 is 2.05 bits per heavy atom. The van der Waals surface area contributed by atoms with Gasteiger partial charge in [0.1, 0.15) is 11.9 Å². The van der Waals surface area contributed by atoms with Crippen molar-refractivity contribution < 1.29 is 9.18 Å². The first-order valence-electron chi connectivity index (χ1n) is 7.60. The van der Waals surface area contributed by atoms with Crippen LogP contribution in [-0.4, -0.2) is 26.9 Å². The lowest BCUT2D eigenvalue weighted by molar-refractivity contribution is -0.136. The summed E-state index contributed by atoms with van der Waals surface area (Å²) in [5.74, 6) is 0.0401. The fraction of sp³-hybridized carbons (Fsp3) is 0.412. The quantitative estimate of drug-likeness (QED) is 0.874. The second-order valence-corrected chi connectivity index (χ2v) is 6.12. The third-order valence-electron chi connectivity index (χ3n) is 4.17. The first-order valence-corrected chi connectivity index (χ1v) is 7.60. The second-order valence-electron chi connectivity index (χ2n) is 6.12. The smallest absolute Gasteiger partial charge is 0.246 e. The summed E-state index contributed by atoms with van der Waals surface area (Å²) in [5, 5.41) is 0. The van der Waals surface area contributed by atoms with Crippen molar-refractivity contribution in [1.82, 2.24) is 14.5 Å². The zero-order chi connectivity index (χ0) is 15.7. The van der Waals surface area contributed by atoms with Gasteiger partial charge in [0, 0.05) is 31.4 Å². The van der Waals surface area contributed by atoms with Crippen LogP contribution in [0.3, 0.4) is 0 Å². The van der Waals surface area contributed by atoms with E-state index in [1.165, 1.54) is 12.1 Å². The average Bonchev–Trinajstić information content (AvgIpc) is 2.88. The molecular formula is C17H20FN3O. The van der Waals surface area contributed by atoms with E-state index in [1.807, 2.05) is 29.5 Å². The minimum Gasteiger partial charge on any atom is -0.336 e. The molecule has 1 amide bonds. The van der Waals surface area contributed by atoms with Crippen LogP contribution in [0.1, 0.15) is 31.1 Å². The van der Waals surface area contributed by atoms with Gasteiger partial charge in [-0.05, 0) is 23.6 Å². The molecule has 4 nitrogen and oxygen atoms in total. The number of carbonyl (C=O) groups excluding carboxylic acids is 1. The first-order chi connectivity index (χ1) is 10.6. The molecule has 22 heavy (non-hydrogen) atoms. The lowest BCUT2D eigenvalue weighted by Crippen LogP contribution is -2.37. The zero-order valence-electron chi connectivity index (χ0n) is 12.9. The SMILES string of the molecule is CC(C)C1C(=O)N(Cc2ccc(F)cc2)CCc2cncn21. The average molecular weight is 301 g/mol. The fourth-order valence-electron chi connectivity index (χ4n) is 3.02. The van der Waals surface area contributed by atoms with E-state index in [9.17, 15) is 9.18 Å². The highest BCUT2D eigenvalue weighted by Gasteiger charge is 2.32. The number of halogens is 1. The van der Waals surface area contributed by atoms with Crippen LogP contribution in [0.25, 0.3) is 0 Å². The molecule has 1 aromatic carbocycles. The maximum absolute atomic E-state index is 13.0. The molecule has 0 aliphatic carbocycles. The van der Waals surface area contributed by atoms with E-state index in [4.69, 9.17) is 0 Å². The molecule has 0 spiro atoms. The van der Waals surface area contributed by atoms with Crippen molar-refractivity contribution in [2.24, 2.45) is 5.92 Å². The standard InChI is InChI=1S/C17H20FN3O/c1-12(2)16-17(22)20(8-7-15-9-19-11-21(15)16)10-13-3-5-14(18)6-4-13/h3-6,9,11-12,16H,7-8,10H2,1-2H3. The Labute approximate surface area is 129 Å². The van der Waals surface area contributed by atoms with Crippen LogP contribution in [0.5, 0.6) is 0 Å². The Hall–Kier alpha value is -2.17. The minimum atomic E-state index is -0.256. The van der Waals surface area contributed by atoms with E-state index < -0.39 is 0 Å². The van der Waals surface area contributed by atoms with E-state index in [1.54, 1.807) is 18.5 Å². The number of aromatic nitrogens is 2. The molecule has 0 saturated carbocycles. The molecule has 1 aliphatic rings. The Morgan fingerprint density at radius 1 is 1.32 bits per heavy atom. The molecule has 1 aromatic heterocycles. The van der Waals surface area contributed by atoms with Crippen LogP contribution in [0.2, 0.25) is 0 Å². The molecule has 2 aromatic rings. The number of nitrogens with zero attached hydrogens (tertiary/aromatic N) is 3. The van der Waals surface area contributed by atoms with Gasteiger partial charge in [-0.2, -0.15) is 0 Å². The molecule has 1 aliphatic heterocycles. The molecule has 0 N–H and O–H groups in total. The highest BCUT2D eigenvalue weighted by atomic mass is 19.1. The van der Waals surface area contributed by atoms with Crippen molar-refractivity contribution in [1.29, 1.82) is 0 Å². The summed E-state index contributed by atoms with van der Waals surface area (Å²) in [6, 6.07) is 6.12. The molecule has 3 rings (SSSR count). The highest BCUT2D eigenvalue weighted by molar-refractivity contribution is 5.81. The van der Waals surface area contributed by atoms with Crippen LogP contribution in [-0.2, 0) is 17.8 Å². The van der Waals surface area contributed by atoms with Crippen molar-refractivity contribution in [3.05, 3.63) is 53.9 Å². The van der Waals surface area contributed by atoms with Crippen LogP contribution in [0, 0.1) is 11.7 Å². The third kappa shape index (κ3) is 2.75. The van der Waals surface area contributed by atoms with Crippen molar-refractivity contribution in [2.75, 3.05) is 6.54 Å². The summed E-state index contributed by atoms with van der Waals surface area (Å²) >= 11 is 0. The normalized spacial score (nSPS) is 18.5. The van der Waals surface area contributed by atoms with Gasteiger partial charge in [-0.15, -0.1) is 0 Å². The van der Waals surface area contributed by atoms with Crippen LogP contribution in [0.15, 0.2) is 36.8 Å². The number of amides is 1. The number of fused-ring (bicyclic) bond motifs is 1. The summed E-state index contributed by atoms with van der Waals surface area (Å²) in [6.45, 7) is 5.27. The molecule has 0 radical (unpaired) electrons. The van der Waals surface area contributed by atoms with Crippen molar-refractivity contribution in [2.45, 2.75) is 32.9 Å². The van der Waals surface area contributed by atoms with Crippen molar-refractivity contribution in [3.63, 3.8) is 0 Å². The van der Waals surface area contributed by atoms with E-state index in [0.717, 1.165) is 17.7 Å². The zero-order valence-corrected chi connectivity index (χ0v) is 12.9. The number of hydrogen-bond donors (Lipinski definition) is 0. The summed E-state index contributed by atoms with van der Waals surface area (Å²) < 4.78 is 15.0. The van der Waals surface area contributed by atoms with Gasteiger partial charge >= 0.3 is 0 Å². The van der Waals surface area contributed by atoms with Crippen LogP contribution < -0.4 is 0 Å². The predicted octanol–water partition coefficient (Wildman–Crippen LogP) is 2.80. The molecule has 0 bridgehead atoms. The minimum absolute atomic E-state index is 0.107. The van der Waals surface area contributed by atoms with E-state index in [0.29, 0.717) is 13.1 Å². The van der Waals surface area contributed by atoms with Gasteiger partial charge in [0.05, 0.1) is 6.33 Å². The number of benzene rings is 1. The Morgan fingerprint density at radius 3 is 2.73 bits per heavy atom. The number of imidazole rings is 1. The van der Waals surface area contributed by atoms with Crippen LogP contribution in [0.4, 0.5) is 4.39 Å². The third-order valence-corrected chi connectivity index (χ3v) is 4.17. The first kappa shape index (κ1) is 14.8. The maximum Gasteiger partial charge on any atom is 0.246 e. The molecule has 1 unspecified atom stereocenters. The monoisotopic (exact) mass is 301 g/mol. The molecule has 0 saturated heterocycles. The largest absolute Gasteiger partial charge is 0.336 e. The fourth-order valence-corrected chi connectivity index (χ4v) is 3.02. The predicted molar refractivity (Wildman–Crippen MR) is 81.6 cm³/mol. The van der Waals surface area contributed by atoms with E-state index in [2.05, 4.69) is 4.98 Å².